The van der Waals surface area contributed by atoms with Crippen LogP contribution in [0.3, 0.4) is 0 Å². The molecule has 0 bridgehead atoms. The summed E-state index contributed by atoms with van der Waals surface area (Å²) >= 11 is 1.58. The molecule has 0 spiro atoms. The molecule has 0 unspecified atom stereocenters. The van der Waals surface area contributed by atoms with Gasteiger partial charge in [-0.2, -0.15) is 0 Å². The molecule has 1 aliphatic rings. The van der Waals surface area contributed by atoms with Crippen molar-refractivity contribution < 1.29 is 9.53 Å². The topological polar surface area (TPSA) is 41.6 Å². The Labute approximate surface area is 130 Å². The van der Waals surface area contributed by atoms with E-state index in [0.717, 1.165) is 30.3 Å². The monoisotopic (exact) mass is 316 g/mol. The van der Waals surface area contributed by atoms with Gasteiger partial charge in [-0.15, -0.1) is 24.2 Å². The second-order valence-electron chi connectivity index (χ2n) is 4.60. The molecule has 1 aromatic carbocycles. The fourth-order valence-electron chi connectivity index (χ4n) is 2.11. The lowest BCUT2D eigenvalue weighted by Crippen LogP contribution is -2.52. The van der Waals surface area contributed by atoms with Crippen molar-refractivity contribution in [1.82, 2.24) is 10.2 Å². The lowest BCUT2D eigenvalue weighted by molar-refractivity contribution is -0.131. The summed E-state index contributed by atoms with van der Waals surface area (Å²) in [5, 5.41) is 3.29. The van der Waals surface area contributed by atoms with Crippen molar-refractivity contribution in [3.05, 3.63) is 24.3 Å². The third-order valence-corrected chi connectivity index (χ3v) is 4.24. The van der Waals surface area contributed by atoms with Gasteiger partial charge in [0.15, 0.2) is 0 Å². The minimum Gasteiger partial charge on any atom is -0.497 e. The smallest absolute Gasteiger partial charge is 0.233 e. The highest BCUT2D eigenvalue weighted by Gasteiger charge is 2.22. The Morgan fingerprint density at radius 3 is 2.75 bits per heavy atom. The Balaban J connectivity index is 0.00000200. The first-order valence-electron chi connectivity index (χ1n) is 6.47. The molecule has 1 fully saturated rings. The van der Waals surface area contributed by atoms with Crippen LogP contribution in [0.5, 0.6) is 5.75 Å². The van der Waals surface area contributed by atoms with Gasteiger partial charge in [0.05, 0.1) is 12.9 Å². The first kappa shape index (κ1) is 17.1. The number of halogens is 1. The third kappa shape index (κ3) is 4.58. The van der Waals surface area contributed by atoms with Crippen molar-refractivity contribution >= 4 is 30.1 Å². The molecule has 0 aliphatic carbocycles. The number of carbonyl (C=O) groups is 1. The highest BCUT2D eigenvalue weighted by Crippen LogP contribution is 2.22. The average Bonchev–Trinajstić information content (AvgIpc) is 2.46. The lowest BCUT2D eigenvalue weighted by Gasteiger charge is -2.33. The van der Waals surface area contributed by atoms with Crippen molar-refractivity contribution in [3.8, 4) is 5.75 Å². The Morgan fingerprint density at radius 1 is 1.45 bits per heavy atom. The third-order valence-electron chi connectivity index (χ3n) is 3.24. The van der Waals surface area contributed by atoms with Crippen molar-refractivity contribution in [2.75, 3.05) is 32.5 Å². The van der Waals surface area contributed by atoms with E-state index in [2.05, 4.69) is 12.2 Å². The molecule has 112 valence electrons. The number of hydrogen-bond donors (Lipinski definition) is 1. The zero-order valence-corrected chi connectivity index (χ0v) is 13.4. The van der Waals surface area contributed by atoms with Crippen LogP contribution in [0.15, 0.2) is 29.2 Å². The van der Waals surface area contributed by atoms with Crippen LogP contribution >= 0.6 is 24.2 Å². The van der Waals surface area contributed by atoms with Gasteiger partial charge in [0, 0.05) is 30.6 Å². The van der Waals surface area contributed by atoms with Crippen LogP contribution in [0, 0.1) is 0 Å². The summed E-state index contributed by atoms with van der Waals surface area (Å²) in [7, 11) is 1.65. The van der Waals surface area contributed by atoms with E-state index in [0.29, 0.717) is 5.75 Å². The predicted octanol–water partition coefficient (Wildman–Crippen LogP) is 2.03. The molecule has 0 radical (unpaired) electrons. The first-order valence-corrected chi connectivity index (χ1v) is 7.46. The SMILES string of the molecule is COc1ccc(SCC(=O)N2CCNC[C@H]2C)cc1.Cl. The Hall–Kier alpha value is -0.910. The van der Waals surface area contributed by atoms with Gasteiger partial charge < -0.3 is 15.0 Å². The number of carbonyl (C=O) groups excluding carboxylic acids is 1. The van der Waals surface area contributed by atoms with Crippen LogP contribution in [0.2, 0.25) is 0 Å². The van der Waals surface area contributed by atoms with Crippen molar-refractivity contribution in [3.63, 3.8) is 0 Å². The minimum absolute atomic E-state index is 0. The molecule has 1 aliphatic heterocycles. The van der Waals surface area contributed by atoms with E-state index in [4.69, 9.17) is 4.74 Å². The van der Waals surface area contributed by atoms with Gasteiger partial charge in [0.2, 0.25) is 5.91 Å². The summed E-state index contributed by atoms with van der Waals surface area (Å²) in [5.41, 5.74) is 0. The molecule has 1 atom stereocenters. The van der Waals surface area contributed by atoms with Crippen LogP contribution in [-0.4, -0.2) is 49.3 Å². The van der Waals surface area contributed by atoms with Gasteiger partial charge in [0.25, 0.3) is 0 Å². The van der Waals surface area contributed by atoms with Gasteiger partial charge in [-0.1, -0.05) is 0 Å². The Morgan fingerprint density at radius 2 is 2.15 bits per heavy atom. The normalized spacial score (nSPS) is 18.3. The summed E-state index contributed by atoms with van der Waals surface area (Å²) in [5.74, 6) is 1.55. The van der Waals surface area contributed by atoms with E-state index in [1.54, 1.807) is 18.9 Å². The highest BCUT2D eigenvalue weighted by molar-refractivity contribution is 8.00. The van der Waals surface area contributed by atoms with Gasteiger partial charge >= 0.3 is 0 Å². The van der Waals surface area contributed by atoms with Crippen LogP contribution in [0.4, 0.5) is 0 Å². The Kier molecular flexibility index (Phi) is 7.19. The molecule has 1 aromatic rings. The molecule has 20 heavy (non-hydrogen) atoms. The molecule has 0 aromatic heterocycles. The first-order chi connectivity index (χ1) is 9.20. The van der Waals surface area contributed by atoms with E-state index >= 15 is 0 Å². The lowest BCUT2D eigenvalue weighted by atomic mass is 10.2. The van der Waals surface area contributed by atoms with Crippen molar-refractivity contribution in [2.45, 2.75) is 17.9 Å². The summed E-state index contributed by atoms with van der Waals surface area (Å²) in [6.45, 7) is 4.67. The number of amides is 1. The summed E-state index contributed by atoms with van der Waals surface area (Å²) < 4.78 is 5.11. The quantitative estimate of drug-likeness (QED) is 0.863. The molecule has 1 N–H and O–H groups in total. The molecule has 1 heterocycles. The summed E-state index contributed by atoms with van der Waals surface area (Å²) in [6.07, 6.45) is 0. The number of benzene rings is 1. The van der Waals surface area contributed by atoms with Crippen molar-refractivity contribution in [2.24, 2.45) is 0 Å². The maximum Gasteiger partial charge on any atom is 0.233 e. The number of nitrogens with one attached hydrogen (secondary N) is 1. The largest absolute Gasteiger partial charge is 0.497 e. The van der Waals surface area contributed by atoms with E-state index in [1.807, 2.05) is 29.2 Å². The number of nitrogens with zero attached hydrogens (tertiary/aromatic N) is 1. The second kappa shape index (κ2) is 8.39. The number of thioether (sulfide) groups is 1. The van der Waals surface area contributed by atoms with E-state index in [-0.39, 0.29) is 24.4 Å². The maximum atomic E-state index is 12.2. The number of ether oxygens (including phenoxy) is 1. The Bertz CT molecular complexity index is 428. The summed E-state index contributed by atoms with van der Waals surface area (Å²) in [6, 6.07) is 8.09. The number of hydrogen-bond acceptors (Lipinski definition) is 4. The van der Waals surface area contributed by atoms with E-state index in [9.17, 15) is 4.79 Å². The number of rotatable bonds is 4. The maximum absolute atomic E-state index is 12.2. The molecular weight excluding hydrogens is 296 g/mol. The molecule has 4 nitrogen and oxygen atoms in total. The molecule has 0 saturated carbocycles. The van der Waals surface area contributed by atoms with E-state index in [1.165, 1.54) is 0 Å². The minimum atomic E-state index is 0. The van der Waals surface area contributed by atoms with Gasteiger partial charge in [-0.05, 0) is 31.2 Å². The zero-order chi connectivity index (χ0) is 13.7. The zero-order valence-electron chi connectivity index (χ0n) is 11.8. The highest BCUT2D eigenvalue weighted by atomic mass is 35.5. The van der Waals surface area contributed by atoms with Gasteiger partial charge in [-0.3, -0.25) is 4.79 Å². The van der Waals surface area contributed by atoms with Crippen LogP contribution in [-0.2, 0) is 4.79 Å². The average molecular weight is 317 g/mol. The van der Waals surface area contributed by atoms with Crippen LogP contribution in [0.1, 0.15) is 6.92 Å². The van der Waals surface area contributed by atoms with E-state index < -0.39 is 0 Å². The van der Waals surface area contributed by atoms with Crippen LogP contribution in [0.25, 0.3) is 0 Å². The second-order valence-corrected chi connectivity index (χ2v) is 5.65. The van der Waals surface area contributed by atoms with Gasteiger partial charge in [-0.25, -0.2) is 0 Å². The molecular formula is C14H21ClN2O2S. The predicted molar refractivity (Wildman–Crippen MR) is 85.0 cm³/mol. The fraction of sp³-hybridized carbons (Fsp3) is 0.500. The fourth-order valence-corrected chi connectivity index (χ4v) is 2.90. The molecule has 2 rings (SSSR count). The molecule has 1 saturated heterocycles. The van der Waals surface area contributed by atoms with Crippen molar-refractivity contribution in [1.29, 1.82) is 0 Å². The standard InChI is InChI=1S/C14H20N2O2S.ClH/c1-11-9-15-7-8-16(11)14(17)10-19-13-5-3-12(18-2)4-6-13;/h3-6,11,15H,7-10H2,1-2H3;1H/t11-;/m1./s1. The number of methoxy groups -OCH3 is 1. The molecule has 6 heteroatoms. The molecule has 1 amide bonds. The van der Waals surface area contributed by atoms with Gasteiger partial charge in [0.1, 0.15) is 5.75 Å². The summed E-state index contributed by atoms with van der Waals surface area (Å²) in [4.78, 5) is 15.2. The van der Waals surface area contributed by atoms with Crippen LogP contribution < -0.4 is 10.1 Å². The number of piperazine rings is 1.